The summed E-state index contributed by atoms with van der Waals surface area (Å²) in [7, 11) is -3.56. The molecule has 146 valence electrons. The number of rotatable bonds is 8. The molecule has 0 aliphatic rings. The largest absolute Gasteiger partial charge is 0.382 e. The Labute approximate surface area is 159 Å². The molecule has 0 atom stereocenters. The monoisotopic (exact) mass is 393 g/mol. The van der Waals surface area contributed by atoms with Crippen molar-refractivity contribution in [1.29, 1.82) is 0 Å². The fourth-order valence-electron chi connectivity index (χ4n) is 2.49. The van der Waals surface area contributed by atoms with Crippen LogP contribution in [0.3, 0.4) is 0 Å². The van der Waals surface area contributed by atoms with Crippen LogP contribution >= 0.6 is 0 Å². The van der Waals surface area contributed by atoms with E-state index in [2.05, 4.69) is 0 Å². The minimum Gasteiger partial charge on any atom is -0.382 e. The average Bonchev–Trinajstić information content (AvgIpc) is 2.62. The molecule has 0 spiro atoms. The molecule has 7 heteroatoms. The molecule has 27 heavy (non-hydrogen) atoms. The maximum atomic E-state index is 13.0. The van der Waals surface area contributed by atoms with Crippen LogP contribution in [0.15, 0.2) is 48.5 Å². The molecule has 0 radical (unpaired) electrons. The summed E-state index contributed by atoms with van der Waals surface area (Å²) in [5.41, 5.74) is 1.61. The van der Waals surface area contributed by atoms with Crippen molar-refractivity contribution < 1.29 is 21.8 Å². The van der Waals surface area contributed by atoms with Gasteiger partial charge in [-0.1, -0.05) is 24.3 Å². The van der Waals surface area contributed by atoms with Crippen molar-refractivity contribution in [2.75, 3.05) is 5.75 Å². The minimum atomic E-state index is -3.56. The molecule has 0 aromatic heterocycles. The van der Waals surface area contributed by atoms with E-state index in [1.807, 2.05) is 13.8 Å². The second kappa shape index (κ2) is 8.99. The fourth-order valence-corrected chi connectivity index (χ4v) is 3.01. The van der Waals surface area contributed by atoms with E-state index in [9.17, 15) is 17.6 Å². The SMILES string of the molecule is CCS(=O)(=O)Oc1ccc(CN(C(=O)Cc2ccc(F)cc2)C(C)C)cc1. The second-order valence-electron chi connectivity index (χ2n) is 6.49. The third kappa shape index (κ3) is 6.36. The molecule has 2 aromatic rings. The summed E-state index contributed by atoms with van der Waals surface area (Å²) in [5, 5.41) is 0. The predicted molar refractivity (Wildman–Crippen MR) is 102 cm³/mol. The summed E-state index contributed by atoms with van der Waals surface area (Å²) < 4.78 is 41.0. The van der Waals surface area contributed by atoms with E-state index in [-0.39, 0.29) is 35.7 Å². The van der Waals surface area contributed by atoms with Crippen molar-refractivity contribution in [1.82, 2.24) is 4.90 Å². The molecular formula is C20H24FNO4S. The zero-order valence-electron chi connectivity index (χ0n) is 15.7. The van der Waals surface area contributed by atoms with Gasteiger partial charge in [-0.25, -0.2) is 4.39 Å². The first kappa shape index (κ1) is 20.9. The van der Waals surface area contributed by atoms with Gasteiger partial charge in [0.1, 0.15) is 11.6 Å². The Morgan fingerprint density at radius 2 is 1.59 bits per heavy atom. The number of hydrogen-bond acceptors (Lipinski definition) is 4. The van der Waals surface area contributed by atoms with Crippen LogP contribution in [-0.4, -0.2) is 31.0 Å². The third-order valence-electron chi connectivity index (χ3n) is 4.07. The molecule has 0 aliphatic carbocycles. The number of nitrogens with zero attached hydrogens (tertiary/aromatic N) is 1. The lowest BCUT2D eigenvalue weighted by Crippen LogP contribution is -2.37. The Morgan fingerprint density at radius 3 is 2.11 bits per heavy atom. The van der Waals surface area contributed by atoms with E-state index in [1.54, 1.807) is 41.3 Å². The van der Waals surface area contributed by atoms with E-state index in [0.29, 0.717) is 6.54 Å². The zero-order valence-corrected chi connectivity index (χ0v) is 16.5. The molecule has 1 amide bonds. The highest BCUT2D eigenvalue weighted by Gasteiger charge is 2.18. The van der Waals surface area contributed by atoms with Gasteiger partial charge < -0.3 is 9.08 Å². The van der Waals surface area contributed by atoms with Gasteiger partial charge in [-0.3, -0.25) is 4.79 Å². The number of benzene rings is 2. The first-order valence-electron chi connectivity index (χ1n) is 8.75. The van der Waals surface area contributed by atoms with Crippen LogP contribution in [-0.2, 0) is 27.9 Å². The molecule has 0 aliphatic heterocycles. The van der Waals surface area contributed by atoms with Gasteiger partial charge in [0, 0.05) is 12.6 Å². The van der Waals surface area contributed by atoms with Gasteiger partial charge in [0.2, 0.25) is 5.91 Å². The van der Waals surface area contributed by atoms with Gasteiger partial charge >= 0.3 is 10.1 Å². The Bertz CT molecular complexity index is 862. The topological polar surface area (TPSA) is 63.7 Å². The Hall–Kier alpha value is -2.41. The lowest BCUT2D eigenvalue weighted by atomic mass is 10.1. The summed E-state index contributed by atoms with van der Waals surface area (Å²) in [6.45, 7) is 5.75. The van der Waals surface area contributed by atoms with Crippen LogP contribution in [0.1, 0.15) is 31.9 Å². The zero-order chi connectivity index (χ0) is 20.0. The van der Waals surface area contributed by atoms with Crippen molar-refractivity contribution in [3.63, 3.8) is 0 Å². The summed E-state index contributed by atoms with van der Waals surface area (Å²) in [5.74, 6) is -0.257. The first-order chi connectivity index (χ1) is 12.7. The molecule has 0 saturated carbocycles. The molecule has 0 unspecified atom stereocenters. The minimum absolute atomic E-state index is 0.0191. The predicted octanol–water partition coefficient (Wildman–Crippen LogP) is 3.53. The van der Waals surface area contributed by atoms with E-state index in [0.717, 1.165) is 11.1 Å². The quantitative estimate of drug-likeness (QED) is 0.644. The smallest absolute Gasteiger partial charge is 0.308 e. The highest BCUT2D eigenvalue weighted by atomic mass is 32.2. The van der Waals surface area contributed by atoms with Crippen molar-refractivity contribution >= 4 is 16.0 Å². The van der Waals surface area contributed by atoms with E-state index < -0.39 is 10.1 Å². The highest BCUT2D eigenvalue weighted by Crippen LogP contribution is 2.17. The van der Waals surface area contributed by atoms with E-state index in [4.69, 9.17) is 4.18 Å². The first-order valence-corrected chi connectivity index (χ1v) is 10.3. The van der Waals surface area contributed by atoms with Crippen molar-refractivity contribution in [2.24, 2.45) is 0 Å². The number of amides is 1. The van der Waals surface area contributed by atoms with E-state index >= 15 is 0 Å². The van der Waals surface area contributed by atoms with Crippen LogP contribution in [0.2, 0.25) is 0 Å². The second-order valence-corrected chi connectivity index (χ2v) is 8.35. The summed E-state index contributed by atoms with van der Waals surface area (Å²) >= 11 is 0. The van der Waals surface area contributed by atoms with Crippen LogP contribution in [0.5, 0.6) is 5.75 Å². The molecule has 0 fully saturated rings. The highest BCUT2D eigenvalue weighted by molar-refractivity contribution is 7.87. The maximum absolute atomic E-state index is 13.0. The molecular weight excluding hydrogens is 369 g/mol. The third-order valence-corrected chi connectivity index (χ3v) is 5.22. The molecule has 2 aromatic carbocycles. The van der Waals surface area contributed by atoms with Crippen molar-refractivity contribution in [2.45, 2.75) is 39.8 Å². The molecule has 0 saturated heterocycles. The molecule has 0 N–H and O–H groups in total. The number of carbonyl (C=O) groups is 1. The van der Waals surface area contributed by atoms with Gasteiger partial charge in [0.25, 0.3) is 0 Å². The van der Waals surface area contributed by atoms with Crippen molar-refractivity contribution in [3.05, 3.63) is 65.5 Å². The number of carbonyl (C=O) groups excluding carboxylic acids is 1. The standard InChI is InChI=1S/C20H24FNO4S/c1-4-27(24,25)26-19-11-7-17(8-12-19)14-22(15(2)3)20(23)13-16-5-9-18(21)10-6-16/h5-12,15H,4,13-14H2,1-3H3. The summed E-state index contributed by atoms with van der Waals surface area (Å²) in [6, 6.07) is 12.5. The average molecular weight is 393 g/mol. The number of halogens is 1. The Morgan fingerprint density at radius 1 is 1.04 bits per heavy atom. The normalized spacial score (nSPS) is 11.4. The molecule has 5 nitrogen and oxygen atoms in total. The molecule has 2 rings (SSSR count). The summed E-state index contributed by atoms with van der Waals surface area (Å²) in [4.78, 5) is 14.4. The van der Waals surface area contributed by atoms with Gasteiger partial charge in [-0.15, -0.1) is 0 Å². The summed E-state index contributed by atoms with van der Waals surface area (Å²) in [6.07, 6.45) is 0.189. The van der Waals surface area contributed by atoms with Gasteiger partial charge in [0.15, 0.2) is 0 Å². The molecule has 0 heterocycles. The van der Waals surface area contributed by atoms with Crippen LogP contribution < -0.4 is 4.18 Å². The van der Waals surface area contributed by atoms with Gasteiger partial charge in [0.05, 0.1) is 12.2 Å². The molecule has 0 bridgehead atoms. The maximum Gasteiger partial charge on any atom is 0.308 e. The lowest BCUT2D eigenvalue weighted by molar-refractivity contribution is -0.132. The van der Waals surface area contributed by atoms with Gasteiger partial charge in [-0.2, -0.15) is 8.42 Å². The van der Waals surface area contributed by atoms with E-state index in [1.165, 1.54) is 19.1 Å². The van der Waals surface area contributed by atoms with Crippen LogP contribution in [0, 0.1) is 5.82 Å². The fraction of sp³-hybridized carbons (Fsp3) is 0.350. The lowest BCUT2D eigenvalue weighted by Gasteiger charge is -2.27. The van der Waals surface area contributed by atoms with Crippen LogP contribution in [0.25, 0.3) is 0 Å². The Balaban J connectivity index is 2.06. The Kier molecular flexibility index (Phi) is 6.96. The number of hydrogen-bond donors (Lipinski definition) is 0. The van der Waals surface area contributed by atoms with Crippen molar-refractivity contribution in [3.8, 4) is 5.75 Å². The van der Waals surface area contributed by atoms with Gasteiger partial charge in [-0.05, 0) is 56.2 Å². The van der Waals surface area contributed by atoms with Crippen LogP contribution in [0.4, 0.5) is 4.39 Å².